The molecule has 0 aromatic heterocycles. The largest absolute Gasteiger partial charge is 0.512 e. The van der Waals surface area contributed by atoms with Crippen molar-refractivity contribution < 1.29 is 10.2 Å². The van der Waals surface area contributed by atoms with Crippen LogP contribution in [0.4, 0.5) is 0 Å². The molecule has 0 saturated heterocycles. The maximum Gasteiger partial charge on any atom is 0.123 e. The van der Waals surface area contributed by atoms with Crippen LogP contribution < -0.4 is 0 Å². The van der Waals surface area contributed by atoms with Crippen molar-refractivity contribution in [1.29, 1.82) is 0 Å². The first-order valence-electron chi connectivity index (χ1n) is 4.87. The molecule has 73 valence electrons. The molecule has 1 radical (unpaired) electrons. The van der Waals surface area contributed by atoms with E-state index in [0.29, 0.717) is 0 Å². The molecule has 0 heterocycles. The van der Waals surface area contributed by atoms with Gasteiger partial charge in [0.1, 0.15) is 6.10 Å². The van der Waals surface area contributed by atoms with E-state index in [1.54, 1.807) is 12.2 Å². The molecule has 0 fully saturated rings. The number of hydrogen-bond acceptors (Lipinski definition) is 2. The van der Waals surface area contributed by atoms with Crippen LogP contribution in [0.1, 0.15) is 39.0 Å². The van der Waals surface area contributed by atoms with E-state index in [0.717, 1.165) is 18.4 Å². The number of hydrogen-bond donors (Lipinski definition) is 2. The highest BCUT2D eigenvalue weighted by Crippen LogP contribution is 2.23. The smallest absolute Gasteiger partial charge is 0.123 e. The second kappa shape index (κ2) is 5.07. The third-order valence-corrected chi connectivity index (χ3v) is 2.14. The third-order valence-electron chi connectivity index (χ3n) is 2.14. The van der Waals surface area contributed by atoms with E-state index in [-0.39, 0.29) is 18.3 Å². The van der Waals surface area contributed by atoms with E-state index in [1.807, 2.05) is 0 Å². The first-order chi connectivity index (χ1) is 6.22. The van der Waals surface area contributed by atoms with Crippen molar-refractivity contribution in [2.24, 2.45) is 0 Å². The Labute approximate surface area is 79.6 Å². The quantitative estimate of drug-likeness (QED) is 0.653. The Bertz CT molecular complexity index is 216. The number of aliphatic hydroxyl groups is 2. The summed E-state index contributed by atoms with van der Waals surface area (Å²) in [7, 11) is 0. The number of unbranched alkanes of at least 4 members (excludes halogenated alkanes) is 2. The second-order valence-electron chi connectivity index (χ2n) is 3.48. The molecular formula is C11H17O2. The molecule has 0 bridgehead atoms. The zero-order chi connectivity index (χ0) is 9.68. The predicted octanol–water partition coefficient (Wildman–Crippen LogP) is 3.24. The van der Waals surface area contributed by atoms with Crippen LogP contribution in [0.25, 0.3) is 0 Å². The van der Waals surface area contributed by atoms with Crippen LogP contribution in [0.3, 0.4) is 0 Å². The van der Waals surface area contributed by atoms with Gasteiger partial charge in [0.25, 0.3) is 0 Å². The molecule has 1 aliphatic carbocycles. The standard InChI is InChI=1S/C11H17O2/c1-2-3-4-5-9-6-10(12)8-11(13)7-9/h6-7,12-13H,2-5,8H2,1H3. The minimum Gasteiger partial charge on any atom is -0.512 e. The van der Waals surface area contributed by atoms with Gasteiger partial charge in [-0.15, -0.1) is 0 Å². The zero-order valence-corrected chi connectivity index (χ0v) is 8.08. The lowest BCUT2D eigenvalue weighted by atomic mass is 9.99. The van der Waals surface area contributed by atoms with Crippen LogP contribution in [-0.4, -0.2) is 10.2 Å². The van der Waals surface area contributed by atoms with Crippen LogP contribution in [-0.2, 0) is 0 Å². The van der Waals surface area contributed by atoms with Gasteiger partial charge in [0.2, 0.25) is 0 Å². The van der Waals surface area contributed by atoms with Crippen molar-refractivity contribution in [2.75, 3.05) is 0 Å². The Hall–Kier alpha value is -0.760. The SMILES string of the molecule is CCCCCC1=C[C](O)CC(O)=C1. The fourth-order valence-corrected chi connectivity index (χ4v) is 1.48. The van der Waals surface area contributed by atoms with Crippen LogP contribution in [0.2, 0.25) is 0 Å². The van der Waals surface area contributed by atoms with E-state index in [2.05, 4.69) is 6.92 Å². The number of aliphatic hydroxyl groups excluding tert-OH is 2. The van der Waals surface area contributed by atoms with E-state index >= 15 is 0 Å². The summed E-state index contributed by atoms with van der Waals surface area (Å²) >= 11 is 0. The van der Waals surface area contributed by atoms with Gasteiger partial charge in [-0.25, -0.2) is 0 Å². The molecule has 0 aliphatic heterocycles. The van der Waals surface area contributed by atoms with E-state index in [4.69, 9.17) is 0 Å². The van der Waals surface area contributed by atoms with Crippen LogP contribution in [0.5, 0.6) is 0 Å². The lowest BCUT2D eigenvalue weighted by molar-refractivity contribution is 0.289. The van der Waals surface area contributed by atoms with Gasteiger partial charge in [0.05, 0.1) is 5.76 Å². The summed E-state index contributed by atoms with van der Waals surface area (Å²) in [6.07, 6.45) is 8.54. The maximum atomic E-state index is 9.25. The minimum absolute atomic E-state index is 0.270. The summed E-state index contributed by atoms with van der Waals surface area (Å²) in [5, 5.41) is 18.5. The summed E-state index contributed by atoms with van der Waals surface area (Å²) in [6, 6.07) is 0. The van der Waals surface area contributed by atoms with Crippen molar-refractivity contribution in [1.82, 2.24) is 0 Å². The van der Waals surface area contributed by atoms with Crippen LogP contribution >= 0.6 is 0 Å². The third kappa shape index (κ3) is 3.64. The molecule has 2 nitrogen and oxygen atoms in total. The first kappa shape index (κ1) is 10.3. The Morgan fingerprint density at radius 3 is 2.62 bits per heavy atom. The van der Waals surface area contributed by atoms with Crippen molar-refractivity contribution in [2.45, 2.75) is 39.0 Å². The summed E-state index contributed by atoms with van der Waals surface area (Å²) in [5.74, 6) is 0.270. The van der Waals surface area contributed by atoms with Gasteiger partial charge in [-0.1, -0.05) is 19.8 Å². The first-order valence-corrected chi connectivity index (χ1v) is 4.87. The van der Waals surface area contributed by atoms with E-state index in [1.165, 1.54) is 12.8 Å². The normalized spacial score (nSPS) is 18.3. The molecule has 0 amide bonds. The molecular weight excluding hydrogens is 164 g/mol. The van der Waals surface area contributed by atoms with E-state index in [9.17, 15) is 10.2 Å². The van der Waals surface area contributed by atoms with Crippen molar-refractivity contribution in [3.8, 4) is 0 Å². The highest BCUT2D eigenvalue weighted by Gasteiger charge is 2.12. The molecule has 0 unspecified atom stereocenters. The summed E-state index contributed by atoms with van der Waals surface area (Å²) in [5.41, 5.74) is 1.04. The molecule has 2 heteroatoms. The maximum absolute atomic E-state index is 9.25. The molecule has 0 aromatic carbocycles. The fraction of sp³-hybridized carbons (Fsp3) is 0.545. The highest BCUT2D eigenvalue weighted by molar-refractivity contribution is 5.31. The molecule has 0 atom stereocenters. The Morgan fingerprint density at radius 2 is 2.00 bits per heavy atom. The molecule has 0 spiro atoms. The van der Waals surface area contributed by atoms with Gasteiger partial charge >= 0.3 is 0 Å². The van der Waals surface area contributed by atoms with Gasteiger partial charge in [-0.05, 0) is 30.6 Å². The average Bonchev–Trinajstić information content (AvgIpc) is 2.03. The summed E-state index contributed by atoms with van der Waals surface area (Å²) < 4.78 is 0. The minimum atomic E-state index is 0.270. The Balaban J connectivity index is 2.40. The fourth-order valence-electron chi connectivity index (χ4n) is 1.48. The van der Waals surface area contributed by atoms with Crippen molar-refractivity contribution in [3.63, 3.8) is 0 Å². The Kier molecular flexibility index (Phi) is 4.03. The summed E-state index contributed by atoms with van der Waals surface area (Å²) in [6.45, 7) is 2.16. The van der Waals surface area contributed by atoms with Gasteiger partial charge in [-0.3, -0.25) is 0 Å². The van der Waals surface area contributed by atoms with Crippen molar-refractivity contribution in [3.05, 3.63) is 29.6 Å². The Morgan fingerprint density at radius 1 is 1.23 bits per heavy atom. The number of rotatable bonds is 4. The monoisotopic (exact) mass is 181 g/mol. The predicted molar refractivity (Wildman–Crippen MR) is 52.7 cm³/mol. The lowest BCUT2D eigenvalue weighted by Crippen LogP contribution is -2.01. The van der Waals surface area contributed by atoms with Crippen LogP contribution in [0, 0.1) is 6.10 Å². The van der Waals surface area contributed by atoms with Crippen molar-refractivity contribution >= 4 is 0 Å². The van der Waals surface area contributed by atoms with Gasteiger partial charge < -0.3 is 10.2 Å². The molecule has 0 aromatic rings. The topological polar surface area (TPSA) is 40.5 Å². The average molecular weight is 181 g/mol. The molecule has 1 aliphatic rings. The van der Waals surface area contributed by atoms with Gasteiger partial charge in [0.15, 0.2) is 0 Å². The lowest BCUT2D eigenvalue weighted by Gasteiger charge is -2.13. The molecule has 13 heavy (non-hydrogen) atoms. The molecule has 1 rings (SSSR count). The summed E-state index contributed by atoms with van der Waals surface area (Å²) in [4.78, 5) is 0. The number of allylic oxidation sites excluding steroid dienone is 2. The highest BCUT2D eigenvalue weighted by atomic mass is 16.3. The van der Waals surface area contributed by atoms with E-state index < -0.39 is 0 Å². The second-order valence-corrected chi connectivity index (χ2v) is 3.48. The zero-order valence-electron chi connectivity index (χ0n) is 8.08. The van der Waals surface area contributed by atoms with Crippen LogP contribution in [0.15, 0.2) is 23.5 Å². The molecule has 0 saturated carbocycles. The van der Waals surface area contributed by atoms with Gasteiger partial charge in [-0.2, -0.15) is 0 Å². The molecule has 2 N–H and O–H groups in total. The van der Waals surface area contributed by atoms with Gasteiger partial charge in [0, 0.05) is 6.42 Å².